The predicted molar refractivity (Wildman–Crippen MR) is 94.4 cm³/mol. The van der Waals surface area contributed by atoms with Gasteiger partial charge in [-0.05, 0) is 65.1 Å². The van der Waals surface area contributed by atoms with Gasteiger partial charge in [-0.15, -0.1) is 0 Å². The minimum Gasteiger partial charge on any atom is -0.457 e. The Morgan fingerprint density at radius 3 is 2.23 bits per heavy atom. The van der Waals surface area contributed by atoms with E-state index in [-0.39, 0.29) is 6.42 Å². The molecule has 1 aromatic rings. The number of hydrogen-bond acceptors (Lipinski definition) is 4. The molecule has 1 atom stereocenters. The zero-order chi connectivity index (χ0) is 17.0. The summed E-state index contributed by atoms with van der Waals surface area (Å²) in [5.74, 6) is -0.667. The van der Waals surface area contributed by atoms with Gasteiger partial charge in [0.05, 0.1) is 0 Å². The fourth-order valence-corrected chi connectivity index (χ4v) is 2.38. The topological polar surface area (TPSA) is 62.5 Å². The largest absolute Gasteiger partial charge is 0.457 e. The molecule has 0 heterocycles. The van der Waals surface area contributed by atoms with Crippen molar-refractivity contribution in [1.82, 2.24) is 0 Å². The highest BCUT2D eigenvalue weighted by molar-refractivity contribution is 9.39. The highest BCUT2D eigenvalue weighted by atomic mass is 79.9. The van der Waals surface area contributed by atoms with Crippen LogP contribution in [0.15, 0.2) is 29.3 Å². The molecule has 0 spiro atoms. The number of halogens is 2. The standard InChI is InChI=1S/C16H18Br2N2O2/c1-11-5-7-12(8-6-11)9-16(10-19,20-14(17)18)13(21)22-15(2,3)4/h5-8H,9H2,1-4H3. The van der Waals surface area contributed by atoms with Crippen LogP contribution < -0.4 is 0 Å². The first-order valence-corrected chi connectivity index (χ1v) is 8.28. The van der Waals surface area contributed by atoms with Gasteiger partial charge in [-0.2, -0.15) is 5.26 Å². The van der Waals surface area contributed by atoms with Crippen LogP contribution in [0.1, 0.15) is 31.9 Å². The maximum absolute atomic E-state index is 12.5. The molecule has 0 radical (unpaired) electrons. The third-order valence-electron chi connectivity index (χ3n) is 2.78. The molecule has 1 unspecified atom stereocenters. The van der Waals surface area contributed by atoms with Crippen molar-refractivity contribution in [3.8, 4) is 6.07 Å². The average Bonchev–Trinajstić information content (AvgIpc) is 2.38. The molecule has 0 fully saturated rings. The smallest absolute Gasteiger partial charge is 0.349 e. The summed E-state index contributed by atoms with van der Waals surface area (Å²) in [5, 5.41) is 9.61. The maximum atomic E-state index is 12.5. The molecule has 0 bridgehead atoms. The summed E-state index contributed by atoms with van der Waals surface area (Å²) in [6.45, 7) is 7.24. The van der Waals surface area contributed by atoms with Crippen LogP contribution in [0.25, 0.3) is 0 Å². The molecule has 0 saturated carbocycles. The summed E-state index contributed by atoms with van der Waals surface area (Å²) in [6, 6.07) is 9.63. The number of carbonyl (C=O) groups excluding carboxylic acids is 1. The average molecular weight is 430 g/mol. The summed E-state index contributed by atoms with van der Waals surface area (Å²) in [5.41, 5.74) is -0.386. The molecule has 6 heteroatoms. The molecule has 4 nitrogen and oxygen atoms in total. The highest BCUT2D eigenvalue weighted by Gasteiger charge is 2.42. The molecular formula is C16H18Br2N2O2. The Balaban J connectivity index is 3.22. The van der Waals surface area contributed by atoms with E-state index in [4.69, 9.17) is 4.74 Å². The Labute approximate surface area is 147 Å². The van der Waals surface area contributed by atoms with Gasteiger partial charge >= 0.3 is 5.97 Å². The van der Waals surface area contributed by atoms with Crippen LogP contribution >= 0.6 is 31.9 Å². The zero-order valence-electron chi connectivity index (χ0n) is 13.0. The summed E-state index contributed by atoms with van der Waals surface area (Å²) in [7, 11) is 0. The van der Waals surface area contributed by atoms with E-state index in [9.17, 15) is 10.1 Å². The number of esters is 1. The SMILES string of the molecule is Cc1ccc(CC(C#N)(N=C(Br)Br)C(=O)OC(C)(C)C)cc1. The number of nitrogens with zero attached hydrogens (tertiary/aromatic N) is 2. The number of ether oxygens (including phenoxy) is 1. The van der Waals surface area contributed by atoms with Crippen molar-refractivity contribution in [1.29, 1.82) is 5.26 Å². The van der Waals surface area contributed by atoms with Crippen LogP contribution in [0, 0.1) is 18.3 Å². The minimum atomic E-state index is -1.63. The molecule has 0 aromatic heterocycles. The van der Waals surface area contributed by atoms with Gasteiger partial charge in [0.15, 0.2) is 0 Å². The molecule has 0 N–H and O–H groups in total. The van der Waals surface area contributed by atoms with E-state index in [1.807, 2.05) is 37.3 Å². The lowest BCUT2D eigenvalue weighted by atomic mass is 9.92. The van der Waals surface area contributed by atoms with Gasteiger partial charge in [-0.3, -0.25) is 0 Å². The van der Waals surface area contributed by atoms with E-state index in [0.717, 1.165) is 11.1 Å². The van der Waals surface area contributed by atoms with E-state index in [0.29, 0.717) is 3.53 Å². The third kappa shape index (κ3) is 5.54. The van der Waals surface area contributed by atoms with Gasteiger partial charge in [0.25, 0.3) is 0 Å². The maximum Gasteiger partial charge on any atom is 0.349 e. The van der Waals surface area contributed by atoms with E-state index in [1.165, 1.54) is 0 Å². The van der Waals surface area contributed by atoms with Crippen LogP contribution in [0.2, 0.25) is 0 Å². The van der Waals surface area contributed by atoms with Crippen molar-refractivity contribution in [2.45, 2.75) is 45.3 Å². The monoisotopic (exact) mass is 428 g/mol. The molecular weight excluding hydrogens is 412 g/mol. The third-order valence-corrected chi connectivity index (χ3v) is 3.13. The van der Waals surface area contributed by atoms with E-state index in [2.05, 4.69) is 36.9 Å². The van der Waals surface area contributed by atoms with E-state index in [1.54, 1.807) is 20.8 Å². The first-order valence-electron chi connectivity index (χ1n) is 6.69. The first-order chi connectivity index (χ1) is 10.1. The molecule has 22 heavy (non-hydrogen) atoms. The lowest BCUT2D eigenvalue weighted by Crippen LogP contribution is -2.43. The molecule has 0 amide bonds. The van der Waals surface area contributed by atoms with Gasteiger partial charge in [-0.25, -0.2) is 9.79 Å². The molecule has 0 aliphatic carbocycles. The van der Waals surface area contributed by atoms with Crippen molar-refractivity contribution in [3.05, 3.63) is 35.4 Å². The fraction of sp³-hybridized carbons (Fsp3) is 0.438. The predicted octanol–water partition coefficient (Wildman–Crippen LogP) is 4.29. The Hall–Kier alpha value is -1.19. The second kappa shape index (κ2) is 7.38. The van der Waals surface area contributed by atoms with Crippen molar-refractivity contribution in [2.75, 3.05) is 0 Å². The van der Waals surface area contributed by atoms with Crippen molar-refractivity contribution < 1.29 is 9.53 Å². The molecule has 0 aliphatic rings. The fourth-order valence-electron chi connectivity index (χ4n) is 1.78. The van der Waals surface area contributed by atoms with Crippen LogP contribution in [0.5, 0.6) is 0 Å². The Kier molecular flexibility index (Phi) is 6.33. The molecule has 0 aliphatic heterocycles. The van der Waals surface area contributed by atoms with Crippen LogP contribution in [-0.2, 0) is 16.0 Å². The van der Waals surface area contributed by atoms with Gasteiger partial charge in [0.2, 0.25) is 5.54 Å². The Morgan fingerprint density at radius 1 is 1.27 bits per heavy atom. The van der Waals surface area contributed by atoms with E-state index < -0.39 is 17.1 Å². The Morgan fingerprint density at radius 2 is 1.82 bits per heavy atom. The van der Waals surface area contributed by atoms with Crippen LogP contribution in [-0.4, -0.2) is 20.6 Å². The number of benzene rings is 1. The van der Waals surface area contributed by atoms with Crippen molar-refractivity contribution in [3.63, 3.8) is 0 Å². The van der Waals surface area contributed by atoms with E-state index >= 15 is 0 Å². The lowest BCUT2D eigenvalue weighted by molar-refractivity contribution is -0.159. The number of carbonyl (C=O) groups is 1. The zero-order valence-corrected chi connectivity index (χ0v) is 16.2. The molecule has 1 aromatic carbocycles. The second-order valence-corrected chi connectivity index (χ2v) is 8.56. The van der Waals surface area contributed by atoms with Crippen molar-refractivity contribution in [2.24, 2.45) is 4.99 Å². The van der Waals surface area contributed by atoms with Crippen LogP contribution in [0.3, 0.4) is 0 Å². The summed E-state index contributed by atoms with van der Waals surface area (Å²) in [6.07, 6.45) is 0.138. The number of aryl methyl sites for hydroxylation is 1. The van der Waals surface area contributed by atoms with Gasteiger partial charge in [-0.1, -0.05) is 29.8 Å². The minimum absolute atomic E-state index is 0.138. The van der Waals surface area contributed by atoms with Crippen LogP contribution in [0.4, 0.5) is 0 Å². The molecule has 1 rings (SSSR count). The number of rotatable bonds is 4. The van der Waals surface area contributed by atoms with Gasteiger partial charge in [0.1, 0.15) is 15.2 Å². The normalized spacial score (nSPS) is 13.7. The summed E-state index contributed by atoms with van der Waals surface area (Å²) < 4.78 is 5.67. The number of aliphatic imine (C=N–C) groups is 1. The molecule has 0 saturated heterocycles. The number of hydrogen-bond donors (Lipinski definition) is 0. The summed E-state index contributed by atoms with van der Waals surface area (Å²) in [4.78, 5) is 16.7. The van der Waals surface area contributed by atoms with Crippen molar-refractivity contribution >= 4 is 41.4 Å². The lowest BCUT2D eigenvalue weighted by Gasteiger charge is -2.26. The van der Waals surface area contributed by atoms with Gasteiger partial charge < -0.3 is 4.74 Å². The first kappa shape index (κ1) is 18.9. The molecule has 118 valence electrons. The second-order valence-electron chi connectivity index (χ2n) is 5.99. The summed E-state index contributed by atoms with van der Waals surface area (Å²) >= 11 is 6.26. The quantitative estimate of drug-likeness (QED) is 0.529. The highest BCUT2D eigenvalue weighted by Crippen LogP contribution is 2.25. The number of nitriles is 1. The Bertz CT molecular complexity index is 609. The van der Waals surface area contributed by atoms with Gasteiger partial charge in [0, 0.05) is 6.42 Å².